The molecule has 0 amide bonds. The third kappa shape index (κ3) is 4.63. The van der Waals surface area contributed by atoms with E-state index in [0.29, 0.717) is 55.2 Å². The molecule has 3 aromatic rings. The molecule has 0 aliphatic carbocycles. The van der Waals surface area contributed by atoms with Gasteiger partial charge in [0.2, 0.25) is 12.2 Å². The molecule has 1 fully saturated rings. The molecule has 1 aromatic carbocycles. The van der Waals surface area contributed by atoms with E-state index in [2.05, 4.69) is 26.8 Å². The van der Waals surface area contributed by atoms with Crippen LogP contribution in [-0.2, 0) is 9.47 Å². The van der Waals surface area contributed by atoms with E-state index >= 15 is 0 Å². The van der Waals surface area contributed by atoms with Gasteiger partial charge in [0.05, 0.1) is 30.3 Å². The Morgan fingerprint density at radius 3 is 2.68 bits per heavy atom. The third-order valence-corrected chi connectivity index (χ3v) is 5.04. The summed E-state index contributed by atoms with van der Waals surface area (Å²) in [5.74, 6) is 0.647. The number of rotatable bonds is 7. The number of imidazole rings is 1. The topological polar surface area (TPSA) is 111 Å². The molecule has 4 rings (SSSR count). The lowest BCUT2D eigenvalue weighted by Gasteiger charge is -2.35. The van der Waals surface area contributed by atoms with Crippen LogP contribution in [0, 0.1) is 11.2 Å². The van der Waals surface area contributed by atoms with Crippen LogP contribution in [0.5, 0.6) is 0 Å². The van der Waals surface area contributed by atoms with Crippen molar-refractivity contribution in [3.63, 3.8) is 0 Å². The second kappa shape index (κ2) is 8.93. The highest BCUT2D eigenvalue weighted by Gasteiger charge is 2.34. The number of H-pyrrole nitrogens is 1. The Morgan fingerprint density at radius 2 is 2.00 bits per heavy atom. The molecule has 31 heavy (non-hydrogen) atoms. The summed E-state index contributed by atoms with van der Waals surface area (Å²) in [5.41, 5.74) is 8.23. The Kier molecular flexibility index (Phi) is 6.08. The summed E-state index contributed by atoms with van der Waals surface area (Å²) in [4.78, 5) is 16.8. The SMILES string of the molecule is C=CCNc1nccc(-c2[nH]c(C3OCC(C)(CN)CO3)nc2-c2ccc(F)cc2)n1. The zero-order chi connectivity index (χ0) is 21.8. The van der Waals surface area contributed by atoms with Gasteiger partial charge in [0.1, 0.15) is 5.82 Å². The smallest absolute Gasteiger partial charge is 0.223 e. The van der Waals surface area contributed by atoms with E-state index in [-0.39, 0.29) is 11.2 Å². The first-order chi connectivity index (χ1) is 15.0. The monoisotopic (exact) mass is 424 g/mol. The summed E-state index contributed by atoms with van der Waals surface area (Å²) < 4.78 is 25.3. The van der Waals surface area contributed by atoms with Gasteiger partial charge in [0.15, 0.2) is 5.82 Å². The second-order valence-corrected chi connectivity index (χ2v) is 7.76. The fourth-order valence-corrected chi connectivity index (χ4v) is 3.17. The number of hydrogen-bond donors (Lipinski definition) is 3. The molecular weight excluding hydrogens is 399 g/mol. The maximum absolute atomic E-state index is 13.5. The Hall–Kier alpha value is -3.14. The Balaban J connectivity index is 1.71. The van der Waals surface area contributed by atoms with Crippen molar-refractivity contribution in [1.82, 2.24) is 19.9 Å². The summed E-state index contributed by atoms with van der Waals surface area (Å²) in [6, 6.07) is 7.91. The molecule has 0 unspecified atom stereocenters. The molecule has 4 N–H and O–H groups in total. The second-order valence-electron chi connectivity index (χ2n) is 7.76. The minimum Gasteiger partial charge on any atom is -0.351 e. The van der Waals surface area contributed by atoms with Gasteiger partial charge in [-0.15, -0.1) is 6.58 Å². The van der Waals surface area contributed by atoms with Gasteiger partial charge in [-0.1, -0.05) is 13.0 Å². The average Bonchev–Trinajstić information content (AvgIpc) is 3.24. The van der Waals surface area contributed by atoms with Gasteiger partial charge >= 0.3 is 0 Å². The van der Waals surface area contributed by atoms with Gasteiger partial charge in [-0.3, -0.25) is 0 Å². The molecule has 0 saturated carbocycles. The summed E-state index contributed by atoms with van der Waals surface area (Å²) in [5, 5.41) is 3.07. The van der Waals surface area contributed by atoms with E-state index in [1.807, 2.05) is 6.92 Å². The summed E-state index contributed by atoms with van der Waals surface area (Å²) >= 11 is 0. The van der Waals surface area contributed by atoms with Crippen LogP contribution >= 0.6 is 0 Å². The molecule has 0 atom stereocenters. The lowest BCUT2D eigenvalue weighted by Crippen LogP contribution is -2.42. The van der Waals surface area contributed by atoms with E-state index in [1.165, 1.54) is 12.1 Å². The highest BCUT2D eigenvalue weighted by atomic mass is 19.1. The van der Waals surface area contributed by atoms with Gasteiger partial charge in [-0.2, -0.15) is 0 Å². The molecule has 3 heterocycles. The number of aromatic nitrogens is 4. The van der Waals surface area contributed by atoms with Crippen molar-refractivity contribution in [3.8, 4) is 22.6 Å². The molecule has 2 aromatic heterocycles. The Labute approximate surface area is 179 Å². The van der Waals surface area contributed by atoms with Crippen LogP contribution in [0.4, 0.5) is 10.3 Å². The van der Waals surface area contributed by atoms with Crippen molar-refractivity contribution in [2.24, 2.45) is 11.1 Å². The van der Waals surface area contributed by atoms with Crippen LogP contribution in [0.1, 0.15) is 19.0 Å². The van der Waals surface area contributed by atoms with E-state index in [0.717, 1.165) is 5.56 Å². The number of nitrogens with two attached hydrogens (primary N) is 1. The number of hydrogen-bond acceptors (Lipinski definition) is 7. The molecule has 0 spiro atoms. The van der Waals surface area contributed by atoms with Crippen LogP contribution in [0.25, 0.3) is 22.6 Å². The van der Waals surface area contributed by atoms with Crippen LogP contribution in [0.3, 0.4) is 0 Å². The van der Waals surface area contributed by atoms with E-state index in [4.69, 9.17) is 20.2 Å². The number of ether oxygens (including phenoxy) is 2. The van der Waals surface area contributed by atoms with Crippen molar-refractivity contribution >= 4 is 5.95 Å². The molecule has 8 nitrogen and oxygen atoms in total. The van der Waals surface area contributed by atoms with Crippen LogP contribution in [0.15, 0.2) is 49.2 Å². The average molecular weight is 424 g/mol. The van der Waals surface area contributed by atoms with Gasteiger partial charge in [0.25, 0.3) is 0 Å². The number of aromatic amines is 1. The van der Waals surface area contributed by atoms with E-state index in [1.54, 1.807) is 30.5 Å². The third-order valence-electron chi connectivity index (χ3n) is 5.04. The van der Waals surface area contributed by atoms with Crippen molar-refractivity contribution in [2.45, 2.75) is 13.2 Å². The molecule has 1 aliphatic heterocycles. The van der Waals surface area contributed by atoms with Crippen LogP contribution in [-0.4, -0.2) is 46.2 Å². The van der Waals surface area contributed by atoms with Gasteiger partial charge in [0, 0.05) is 30.3 Å². The van der Waals surface area contributed by atoms with Gasteiger partial charge < -0.3 is 25.5 Å². The van der Waals surface area contributed by atoms with Gasteiger partial charge in [-0.25, -0.2) is 19.3 Å². The molecular formula is C22H25FN6O2. The first-order valence-electron chi connectivity index (χ1n) is 9.98. The van der Waals surface area contributed by atoms with E-state index < -0.39 is 6.29 Å². The lowest BCUT2D eigenvalue weighted by molar-refractivity contribution is -0.231. The number of nitrogens with zero attached hydrogens (tertiary/aromatic N) is 3. The maximum Gasteiger partial charge on any atom is 0.223 e. The number of benzene rings is 1. The lowest BCUT2D eigenvalue weighted by atomic mass is 9.93. The van der Waals surface area contributed by atoms with E-state index in [9.17, 15) is 4.39 Å². The molecule has 1 saturated heterocycles. The molecule has 9 heteroatoms. The van der Waals surface area contributed by atoms with Gasteiger partial charge in [-0.05, 0) is 30.3 Å². The first-order valence-corrected chi connectivity index (χ1v) is 9.98. The largest absolute Gasteiger partial charge is 0.351 e. The van der Waals surface area contributed by atoms with Crippen molar-refractivity contribution < 1.29 is 13.9 Å². The Bertz CT molecular complexity index is 1040. The van der Waals surface area contributed by atoms with Crippen LogP contribution in [0.2, 0.25) is 0 Å². The fourth-order valence-electron chi connectivity index (χ4n) is 3.17. The quantitative estimate of drug-likeness (QED) is 0.499. The zero-order valence-corrected chi connectivity index (χ0v) is 17.3. The van der Waals surface area contributed by atoms with Crippen molar-refractivity contribution in [1.29, 1.82) is 0 Å². The molecule has 0 radical (unpaired) electrons. The Morgan fingerprint density at radius 1 is 1.26 bits per heavy atom. The van der Waals surface area contributed by atoms with Crippen molar-refractivity contribution in [3.05, 3.63) is 60.8 Å². The summed E-state index contributed by atoms with van der Waals surface area (Å²) in [6.07, 6.45) is 2.72. The normalized spacial score (nSPS) is 21.1. The number of anilines is 1. The first kappa shape index (κ1) is 21.1. The maximum atomic E-state index is 13.5. The predicted octanol–water partition coefficient (Wildman–Crippen LogP) is 3.28. The molecule has 0 bridgehead atoms. The standard InChI is InChI=1S/C22H25FN6O2/c1-3-9-25-21-26-10-8-16(27-21)18-17(14-4-6-15(23)7-5-14)28-19(29-18)20-30-12-22(2,11-24)13-31-20/h3-8,10,20H,1,9,11-13,24H2,2H3,(H,28,29)(H,25,26,27). The molecule has 1 aliphatic rings. The van der Waals surface area contributed by atoms with Crippen LogP contribution < -0.4 is 11.1 Å². The fraction of sp³-hybridized carbons (Fsp3) is 0.318. The minimum absolute atomic E-state index is 0.232. The summed E-state index contributed by atoms with van der Waals surface area (Å²) in [7, 11) is 0. The van der Waals surface area contributed by atoms with Crippen molar-refractivity contribution in [2.75, 3.05) is 31.6 Å². The highest BCUT2D eigenvalue weighted by molar-refractivity contribution is 5.77. The highest BCUT2D eigenvalue weighted by Crippen LogP contribution is 2.35. The number of nitrogens with one attached hydrogen (secondary N) is 2. The zero-order valence-electron chi connectivity index (χ0n) is 17.3. The predicted molar refractivity (Wildman–Crippen MR) is 116 cm³/mol. The molecule has 162 valence electrons. The number of halogens is 1. The minimum atomic E-state index is -0.659. The summed E-state index contributed by atoms with van der Waals surface area (Å²) in [6.45, 7) is 7.61.